The van der Waals surface area contributed by atoms with Crippen molar-refractivity contribution in [2.24, 2.45) is 0 Å². The van der Waals surface area contributed by atoms with E-state index in [1.54, 1.807) is 37.4 Å². The lowest BCUT2D eigenvalue weighted by Crippen LogP contribution is -2.07. The van der Waals surface area contributed by atoms with Gasteiger partial charge in [0.2, 0.25) is 0 Å². The van der Waals surface area contributed by atoms with Gasteiger partial charge in [-0.3, -0.25) is 10.1 Å². The first-order valence-electron chi connectivity index (χ1n) is 7.31. The molecule has 7 heteroatoms. The average molecular weight is 396 g/mol. The van der Waals surface area contributed by atoms with Gasteiger partial charge in [0, 0.05) is 0 Å². The number of benzene rings is 2. The van der Waals surface area contributed by atoms with Gasteiger partial charge in [0.25, 0.3) is 5.69 Å². The summed E-state index contributed by atoms with van der Waals surface area (Å²) < 4.78 is 16.2. The van der Waals surface area contributed by atoms with Crippen LogP contribution in [0, 0.1) is 10.1 Å². The Balaban J connectivity index is 2.60. The van der Waals surface area contributed by atoms with E-state index in [0.29, 0.717) is 34.8 Å². The molecule has 0 aromatic heterocycles. The highest BCUT2D eigenvalue weighted by Gasteiger charge is 2.22. The molecule has 0 saturated carbocycles. The highest BCUT2D eigenvalue weighted by molar-refractivity contribution is 9.09. The smallest absolute Gasteiger partial charge is 0.281 e. The van der Waals surface area contributed by atoms with E-state index in [4.69, 9.17) is 14.2 Å². The number of methoxy groups -OCH3 is 2. The predicted molar refractivity (Wildman–Crippen MR) is 95.3 cm³/mol. The van der Waals surface area contributed by atoms with Gasteiger partial charge >= 0.3 is 0 Å². The number of nitro groups is 1. The first kappa shape index (κ1) is 18.1. The van der Waals surface area contributed by atoms with Gasteiger partial charge in [-0.25, -0.2) is 0 Å². The monoisotopic (exact) mass is 395 g/mol. The molecule has 0 bridgehead atoms. The fraction of sp³-hybridized carbons (Fsp3) is 0.294. The first-order valence-corrected chi connectivity index (χ1v) is 8.23. The van der Waals surface area contributed by atoms with Crippen LogP contribution in [0.4, 0.5) is 5.69 Å². The fourth-order valence-corrected chi connectivity index (χ4v) is 2.40. The second kappa shape index (κ2) is 8.01. The first-order chi connectivity index (χ1) is 11.5. The molecule has 0 spiro atoms. The molecule has 0 fully saturated rings. The van der Waals surface area contributed by atoms with Gasteiger partial charge in [0.05, 0.1) is 30.8 Å². The van der Waals surface area contributed by atoms with Crippen molar-refractivity contribution in [2.45, 2.75) is 18.4 Å². The minimum absolute atomic E-state index is 0.0603. The summed E-state index contributed by atoms with van der Waals surface area (Å²) in [6, 6.07) is 10.1. The Hall–Kier alpha value is -2.28. The molecule has 0 aliphatic rings. The maximum atomic E-state index is 11.5. The average Bonchev–Trinajstić information content (AvgIpc) is 2.61. The molecule has 2 aromatic rings. The lowest BCUT2D eigenvalue weighted by molar-refractivity contribution is -0.384. The number of nitrogens with zero attached hydrogens (tertiary/aromatic N) is 1. The van der Waals surface area contributed by atoms with Gasteiger partial charge in [0.1, 0.15) is 5.75 Å². The number of rotatable bonds is 7. The summed E-state index contributed by atoms with van der Waals surface area (Å²) in [5, 5.41) is 11.3. The molecule has 2 aromatic carbocycles. The molecule has 24 heavy (non-hydrogen) atoms. The van der Waals surface area contributed by atoms with Crippen LogP contribution in [-0.4, -0.2) is 24.2 Å². The Morgan fingerprint density at radius 2 is 1.92 bits per heavy atom. The van der Waals surface area contributed by atoms with Crippen molar-refractivity contribution < 1.29 is 19.1 Å². The van der Waals surface area contributed by atoms with Gasteiger partial charge in [0.15, 0.2) is 16.5 Å². The maximum absolute atomic E-state index is 11.5. The van der Waals surface area contributed by atoms with Gasteiger partial charge in [-0.15, -0.1) is 0 Å². The summed E-state index contributed by atoms with van der Waals surface area (Å²) in [4.78, 5) is 11.1. The van der Waals surface area contributed by atoms with Crippen LogP contribution in [0.3, 0.4) is 0 Å². The summed E-state index contributed by atoms with van der Waals surface area (Å²) in [5.74, 6) is 1.36. The highest BCUT2D eigenvalue weighted by atomic mass is 79.9. The van der Waals surface area contributed by atoms with Crippen molar-refractivity contribution in [2.75, 3.05) is 14.2 Å². The molecule has 2 rings (SSSR count). The van der Waals surface area contributed by atoms with Crippen LogP contribution < -0.4 is 14.2 Å². The Morgan fingerprint density at radius 3 is 2.50 bits per heavy atom. The molecule has 0 saturated heterocycles. The summed E-state index contributed by atoms with van der Waals surface area (Å²) in [5.41, 5.74) is 1.04. The molecule has 0 heterocycles. The summed E-state index contributed by atoms with van der Waals surface area (Å²) in [6.07, 6.45) is 0.703. The highest BCUT2D eigenvalue weighted by Crippen LogP contribution is 2.41. The quantitative estimate of drug-likeness (QED) is 0.382. The lowest BCUT2D eigenvalue weighted by atomic mass is 10.0. The zero-order valence-corrected chi connectivity index (χ0v) is 15.2. The maximum Gasteiger partial charge on any atom is 0.281 e. The number of alkyl halides is 1. The Morgan fingerprint density at radius 1 is 1.17 bits per heavy atom. The molecule has 0 N–H and O–H groups in total. The molecular formula is C17H18BrNO5. The zero-order chi connectivity index (χ0) is 17.7. The topological polar surface area (TPSA) is 70.8 Å². The second-order valence-electron chi connectivity index (χ2n) is 4.95. The zero-order valence-electron chi connectivity index (χ0n) is 13.6. The van der Waals surface area contributed by atoms with Crippen LogP contribution >= 0.6 is 15.9 Å². The van der Waals surface area contributed by atoms with E-state index in [2.05, 4.69) is 15.9 Å². The van der Waals surface area contributed by atoms with Crippen LogP contribution in [0.25, 0.3) is 11.1 Å². The number of hydrogen-bond acceptors (Lipinski definition) is 5. The van der Waals surface area contributed by atoms with Crippen LogP contribution in [0.5, 0.6) is 17.2 Å². The molecule has 128 valence electrons. The molecule has 1 atom stereocenters. The van der Waals surface area contributed by atoms with Crippen LogP contribution in [0.2, 0.25) is 0 Å². The van der Waals surface area contributed by atoms with Crippen LogP contribution in [0.15, 0.2) is 36.4 Å². The Labute approximate surface area is 148 Å². The number of nitro benzene ring substituents is 1. The van der Waals surface area contributed by atoms with Crippen LogP contribution in [-0.2, 0) is 0 Å². The van der Waals surface area contributed by atoms with Crippen molar-refractivity contribution in [1.29, 1.82) is 0 Å². The molecule has 1 unspecified atom stereocenters. The fourth-order valence-electron chi connectivity index (χ4n) is 2.19. The Kier molecular flexibility index (Phi) is 6.03. The summed E-state index contributed by atoms with van der Waals surface area (Å²) in [6.45, 7) is 1.94. The number of ether oxygens (including phenoxy) is 3. The molecular weight excluding hydrogens is 378 g/mol. The minimum atomic E-state index is -0.434. The third kappa shape index (κ3) is 3.97. The molecule has 0 aliphatic heterocycles. The van der Waals surface area contributed by atoms with E-state index < -0.39 is 4.92 Å². The van der Waals surface area contributed by atoms with Gasteiger partial charge in [-0.1, -0.05) is 19.1 Å². The largest absolute Gasteiger partial charge is 0.497 e. The van der Waals surface area contributed by atoms with Crippen LogP contribution in [0.1, 0.15) is 13.3 Å². The third-order valence-electron chi connectivity index (χ3n) is 3.44. The van der Waals surface area contributed by atoms with Gasteiger partial charge < -0.3 is 14.2 Å². The summed E-state index contributed by atoms with van der Waals surface area (Å²) >= 11 is 3.36. The van der Waals surface area contributed by atoms with E-state index in [1.165, 1.54) is 13.2 Å². The van der Waals surface area contributed by atoms with E-state index in [1.807, 2.05) is 6.92 Å². The molecule has 0 amide bonds. The third-order valence-corrected chi connectivity index (χ3v) is 4.27. The van der Waals surface area contributed by atoms with Crippen molar-refractivity contribution >= 4 is 21.6 Å². The summed E-state index contributed by atoms with van der Waals surface area (Å²) in [7, 11) is 3.05. The van der Waals surface area contributed by atoms with Crippen molar-refractivity contribution in [3.63, 3.8) is 0 Å². The minimum Gasteiger partial charge on any atom is -0.497 e. The van der Waals surface area contributed by atoms with Crippen molar-refractivity contribution in [1.82, 2.24) is 0 Å². The number of halogens is 1. The standard InChI is InChI=1S/C17H18BrNO5/c1-4-17(18)24-16-10-14(19(20)21)13(9-15(16)23-3)11-6-5-7-12(8-11)22-2/h5-10,17H,4H2,1-3H3. The lowest BCUT2D eigenvalue weighted by Gasteiger charge is -2.16. The predicted octanol–water partition coefficient (Wildman–Crippen LogP) is 4.79. The second-order valence-corrected chi connectivity index (χ2v) is 5.97. The normalized spacial score (nSPS) is 11.7. The Bertz CT molecular complexity index is 735. The number of hydrogen-bond donors (Lipinski definition) is 0. The van der Waals surface area contributed by atoms with E-state index in [9.17, 15) is 10.1 Å². The van der Waals surface area contributed by atoms with Gasteiger partial charge in [-0.2, -0.15) is 0 Å². The molecule has 0 radical (unpaired) electrons. The molecule has 6 nitrogen and oxygen atoms in total. The SMILES string of the molecule is CCC(Br)Oc1cc([N+](=O)[O-])c(-c2cccc(OC)c2)cc1OC. The van der Waals surface area contributed by atoms with E-state index in [0.717, 1.165) is 0 Å². The van der Waals surface area contributed by atoms with Gasteiger partial charge in [-0.05, 0) is 46.1 Å². The molecule has 0 aliphatic carbocycles. The van der Waals surface area contributed by atoms with E-state index >= 15 is 0 Å². The van der Waals surface area contributed by atoms with Crippen molar-refractivity contribution in [3.8, 4) is 28.4 Å². The van der Waals surface area contributed by atoms with Crippen molar-refractivity contribution in [3.05, 3.63) is 46.5 Å². The van der Waals surface area contributed by atoms with E-state index in [-0.39, 0.29) is 10.7 Å².